The summed E-state index contributed by atoms with van der Waals surface area (Å²) in [5.74, 6) is 0.260. The van der Waals surface area contributed by atoms with Gasteiger partial charge in [0.2, 0.25) is 0 Å². The molecule has 1 spiro atoms. The number of hydrogen-bond acceptors (Lipinski definition) is 3. The highest BCUT2D eigenvalue weighted by Crippen LogP contribution is 2.43. The minimum Gasteiger partial charge on any atom is -0.444 e. The summed E-state index contributed by atoms with van der Waals surface area (Å²) in [4.78, 5) is 24.9. The number of ketones is 1. The highest BCUT2D eigenvalue weighted by molar-refractivity contribution is 5.89. The number of carbonyl (C=O) groups is 2. The molecule has 1 aliphatic carbocycles. The first-order valence-corrected chi connectivity index (χ1v) is 5.85. The molecule has 90 valence electrons. The zero-order valence-electron chi connectivity index (χ0n) is 10.2. The summed E-state index contributed by atoms with van der Waals surface area (Å²) in [6, 6.07) is 0. The molecule has 1 heterocycles. The standard InChI is InChI=1S/C12H19NO3/c1-11(2,3)16-10(15)13-6-4-5-12(13)7-9(14)8-12/h4-8H2,1-3H3. The van der Waals surface area contributed by atoms with Crippen LogP contribution in [0.1, 0.15) is 46.5 Å². The van der Waals surface area contributed by atoms with Crippen molar-refractivity contribution in [3.63, 3.8) is 0 Å². The molecule has 0 aromatic carbocycles. The zero-order chi connectivity index (χ0) is 12.0. The lowest BCUT2D eigenvalue weighted by molar-refractivity contribution is -0.132. The van der Waals surface area contributed by atoms with Gasteiger partial charge in [0.15, 0.2) is 0 Å². The fourth-order valence-electron chi connectivity index (χ4n) is 2.59. The van der Waals surface area contributed by atoms with E-state index in [0.29, 0.717) is 12.8 Å². The van der Waals surface area contributed by atoms with Gasteiger partial charge >= 0.3 is 6.09 Å². The summed E-state index contributed by atoms with van der Waals surface area (Å²) in [5.41, 5.74) is -0.659. The number of carbonyl (C=O) groups excluding carboxylic acids is 2. The predicted octanol–water partition coefficient (Wildman–Crippen LogP) is 2.12. The highest BCUT2D eigenvalue weighted by Gasteiger charge is 2.53. The van der Waals surface area contributed by atoms with Gasteiger partial charge < -0.3 is 9.64 Å². The van der Waals surface area contributed by atoms with Crippen molar-refractivity contribution in [1.82, 2.24) is 4.90 Å². The summed E-state index contributed by atoms with van der Waals surface area (Å²) in [5, 5.41) is 0. The van der Waals surface area contributed by atoms with E-state index < -0.39 is 5.60 Å². The summed E-state index contributed by atoms with van der Waals surface area (Å²) in [6.07, 6.45) is 2.70. The first-order valence-electron chi connectivity index (χ1n) is 5.85. The van der Waals surface area contributed by atoms with E-state index in [2.05, 4.69) is 0 Å². The molecule has 4 heteroatoms. The maximum absolute atomic E-state index is 12.0. The quantitative estimate of drug-likeness (QED) is 0.634. The average molecular weight is 225 g/mol. The van der Waals surface area contributed by atoms with Crippen LogP contribution >= 0.6 is 0 Å². The van der Waals surface area contributed by atoms with Crippen molar-refractivity contribution in [2.24, 2.45) is 0 Å². The third-order valence-electron chi connectivity index (χ3n) is 3.26. The Bertz CT molecular complexity index is 322. The Balaban J connectivity index is 2.04. The second-order valence-corrected chi connectivity index (χ2v) is 5.85. The lowest BCUT2D eigenvalue weighted by Crippen LogP contribution is -2.57. The second-order valence-electron chi connectivity index (χ2n) is 5.85. The van der Waals surface area contributed by atoms with Crippen molar-refractivity contribution >= 4 is 11.9 Å². The van der Waals surface area contributed by atoms with E-state index in [0.717, 1.165) is 19.4 Å². The molecule has 0 atom stereocenters. The number of nitrogens with zero attached hydrogens (tertiary/aromatic N) is 1. The van der Waals surface area contributed by atoms with E-state index in [1.165, 1.54) is 0 Å². The van der Waals surface area contributed by atoms with Gasteiger partial charge in [-0.25, -0.2) is 4.79 Å². The number of hydrogen-bond donors (Lipinski definition) is 0. The van der Waals surface area contributed by atoms with Crippen molar-refractivity contribution in [3.8, 4) is 0 Å². The molecule has 2 aliphatic rings. The maximum atomic E-state index is 12.0. The molecule has 0 radical (unpaired) electrons. The van der Waals surface area contributed by atoms with E-state index in [1.807, 2.05) is 20.8 Å². The van der Waals surface area contributed by atoms with Crippen LogP contribution in [0.3, 0.4) is 0 Å². The van der Waals surface area contributed by atoms with Gasteiger partial charge in [-0.1, -0.05) is 0 Å². The van der Waals surface area contributed by atoms with E-state index in [1.54, 1.807) is 4.90 Å². The van der Waals surface area contributed by atoms with Crippen molar-refractivity contribution in [2.75, 3.05) is 6.54 Å². The van der Waals surface area contributed by atoms with Crippen LogP contribution in [0, 0.1) is 0 Å². The number of Topliss-reactive ketones (excluding diaryl/α,β-unsaturated/α-hetero) is 1. The first kappa shape index (κ1) is 11.4. The van der Waals surface area contributed by atoms with E-state index in [9.17, 15) is 9.59 Å². The molecule has 2 rings (SSSR count). The van der Waals surface area contributed by atoms with Crippen LogP contribution in [-0.2, 0) is 9.53 Å². The fraction of sp³-hybridized carbons (Fsp3) is 0.833. The molecule has 1 aliphatic heterocycles. The molecule has 1 saturated heterocycles. The van der Waals surface area contributed by atoms with Gasteiger partial charge in [0.1, 0.15) is 11.4 Å². The molecule has 0 N–H and O–H groups in total. The van der Waals surface area contributed by atoms with Crippen LogP contribution in [0.15, 0.2) is 0 Å². The largest absolute Gasteiger partial charge is 0.444 e. The van der Waals surface area contributed by atoms with Gasteiger partial charge in [-0.2, -0.15) is 0 Å². The van der Waals surface area contributed by atoms with Gasteiger partial charge in [-0.15, -0.1) is 0 Å². The SMILES string of the molecule is CC(C)(C)OC(=O)N1CCCC12CC(=O)C2. The average Bonchev–Trinajstić information content (AvgIpc) is 2.44. The summed E-state index contributed by atoms with van der Waals surface area (Å²) >= 11 is 0. The number of ether oxygens (including phenoxy) is 1. The lowest BCUT2D eigenvalue weighted by Gasteiger charge is -2.44. The molecule has 0 aromatic rings. The summed E-state index contributed by atoms with van der Waals surface area (Å²) in [7, 11) is 0. The number of amides is 1. The van der Waals surface area contributed by atoms with Gasteiger partial charge in [-0.3, -0.25) is 4.79 Å². The van der Waals surface area contributed by atoms with Crippen LogP contribution in [0.25, 0.3) is 0 Å². The smallest absolute Gasteiger partial charge is 0.410 e. The molecule has 0 bridgehead atoms. The Morgan fingerprint density at radius 2 is 2.00 bits per heavy atom. The Hall–Kier alpha value is -1.06. The predicted molar refractivity (Wildman–Crippen MR) is 59.1 cm³/mol. The van der Waals surface area contributed by atoms with E-state index >= 15 is 0 Å². The van der Waals surface area contributed by atoms with E-state index in [-0.39, 0.29) is 17.4 Å². The topological polar surface area (TPSA) is 46.6 Å². The first-order chi connectivity index (χ1) is 7.32. The second kappa shape index (κ2) is 3.47. The minimum absolute atomic E-state index is 0.195. The summed E-state index contributed by atoms with van der Waals surface area (Å²) < 4.78 is 5.36. The molecule has 1 saturated carbocycles. The minimum atomic E-state index is -0.464. The van der Waals surface area contributed by atoms with Crippen molar-refractivity contribution in [2.45, 2.75) is 57.6 Å². The zero-order valence-corrected chi connectivity index (χ0v) is 10.2. The van der Waals surface area contributed by atoms with Crippen molar-refractivity contribution in [3.05, 3.63) is 0 Å². The third kappa shape index (κ3) is 1.93. The van der Waals surface area contributed by atoms with Crippen LogP contribution in [0.2, 0.25) is 0 Å². The molecule has 0 unspecified atom stereocenters. The number of likely N-dealkylation sites (tertiary alicyclic amines) is 1. The number of rotatable bonds is 0. The Labute approximate surface area is 95.9 Å². The molecule has 1 amide bonds. The molecule has 2 fully saturated rings. The monoisotopic (exact) mass is 225 g/mol. The highest BCUT2D eigenvalue weighted by atomic mass is 16.6. The van der Waals surface area contributed by atoms with Crippen LogP contribution in [0.5, 0.6) is 0 Å². The van der Waals surface area contributed by atoms with Gasteiger partial charge in [0.25, 0.3) is 0 Å². The molecule has 4 nitrogen and oxygen atoms in total. The lowest BCUT2D eigenvalue weighted by atomic mass is 9.74. The van der Waals surface area contributed by atoms with Crippen molar-refractivity contribution < 1.29 is 14.3 Å². The van der Waals surface area contributed by atoms with Crippen molar-refractivity contribution in [1.29, 1.82) is 0 Å². The third-order valence-corrected chi connectivity index (χ3v) is 3.26. The van der Waals surface area contributed by atoms with E-state index in [4.69, 9.17) is 4.74 Å². The van der Waals surface area contributed by atoms with Gasteiger partial charge in [0, 0.05) is 19.4 Å². The molecule has 0 aromatic heterocycles. The fourth-order valence-corrected chi connectivity index (χ4v) is 2.59. The normalized spacial score (nSPS) is 23.4. The Morgan fingerprint density at radius 3 is 2.50 bits per heavy atom. The Kier molecular flexibility index (Phi) is 2.48. The molecular formula is C12H19NO3. The van der Waals surface area contributed by atoms with Crippen LogP contribution in [0.4, 0.5) is 4.79 Å². The molecule has 16 heavy (non-hydrogen) atoms. The molecular weight excluding hydrogens is 206 g/mol. The van der Waals surface area contributed by atoms with Crippen LogP contribution < -0.4 is 0 Å². The van der Waals surface area contributed by atoms with Gasteiger partial charge in [-0.05, 0) is 33.6 Å². The van der Waals surface area contributed by atoms with Crippen LogP contribution in [-0.4, -0.2) is 34.5 Å². The van der Waals surface area contributed by atoms with Gasteiger partial charge in [0.05, 0.1) is 5.54 Å². The summed E-state index contributed by atoms with van der Waals surface area (Å²) in [6.45, 7) is 6.31. The maximum Gasteiger partial charge on any atom is 0.410 e. The Morgan fingerprint density at radius 1 is 1.38 bits per heavy atom.